The van der Waals surface area contributed by atoms with Gasteiger partial charge in [0, 0.05) is 10.8 Å². The van der Waals surface area contributed by atoms with Crippen LogP contribution in [0.3, 0.4) is 0 Å². The van der Waals surface area contributed by atoms with Crippen LogP contribution in [0.1, 0.15) is 24.5 Å². The highest BCUT2D eigenvalue weighted by Crippen LogP contribution is 2.28. The smallest absolute Gasteiger partial charge is 0.212 e. The summed E-state index contributed by atoms with van der Waals surface area (Å²) in [5.41, 5.74) is 1.93. The van der Waals surface area contributed by atoms with E-state index in [-0.39, 0.29) is 0 Å². The maximum absolute atomic E-state index is 6.21. The average Bonchev–Trinajstić information content (AvgIpc) is 3.17. The predicted molar refractivity (Wildman–Crippen MR) is 113 cm³/mol. The maximum atomic E-state index is 6.21. The maximum Gasteiger partial charge on any atom is 0.212 e. The molecule has 2 aromatic carbocycles. The molecule has 0 spiro atoms. The molecule has 0 aliphatic carbocycles. The molecule has 3 rings (SSSR count). The number of ether oxygens (including phenoxy) is 2. The summed E-state index contributed by atoms with van der Waals surface area (Å²) < 4.78 is 12.7. The molecule has 0 saturated carbocycles. The van der Waals surface area contributed by atoms with Crippen molar-refractivity contribution in [3.05, 3.63) is 64.9 Å². The van der Waals surface area contributed by atoms with Crippen LogP contribution in [0.5, 0.6) is 11.5 Å². The van der Waals surface area contributed by atoms with Crippen LogP contribution in [0.25, 0.3) is 0 Å². The SMILES string of the molecule is CCCOc1ccc(/C=N\n2cnnc2SCc2ccccc2Cl)cc1OC. The van der Waals surface area contributed by atoms with E-state index in [1.807, 2.05) is 42.5 Å². The Labute approximate surface area is 173 Å². The molecular formula is C20H21ClN4O2S. The van der Waals surface area contributed by atoms with Gasteiger partial charge in [-0.1, -0.05) is 48.5 Å². The Bertz CT molecular complexity index is 945. The first-order valence-electron chi connectivity index (χ1n) is 8.82. The van der Waals surface area contributed by atoms with Crippen LogP contribution in [0.2, 0.25) is 5.02 Å². The van der Waals surface area contributed by atoms with Crippen molar-refractivity contribution >= 4 is 29.6 Å². The zero-order valence-electron chi connectivity index (χ0n) is 15.7. The minimum Gasteiger partial charge on any atom is -0.493 e. The Morgan fingerprint density at radius 3 is 2.86 bits per heavy atom. The van der Waals surface area contributed by atoms with Gasteiger partial charge in [-0.2, -0.15) is 9.78 Å². The van der Waals surface area contributed by atoms with Gasteiger partial charge in [-0.25, -0.2) is 0 Å². The second kappa shape index (κ2) is 10.1. The van der Waals surface area contributed by atoms with Crippen molar-refractivity contribution in [3.63, 3.8) is 0 Å². The first kappa shape index (κ1) is 20.2. The Balaban J connectivity index is 1.70. The fraction of sp³-hybridized carbons (Fsp3) is 0.250. The minimum absolute atomic E-state index is 0.649. The third kappa shape index (κ3) is 5.27. The number of rotatable bonds is 9. The van der Waals surface area contributed by atoms with Crippen LogP contribution in [0.15, 0.2) is 59.0 Å². The number of aromatic nitrogens is 3. The Morgan fingerprint density at radius 1 is 1.21 bits per heavy atom. The van der Waals surface area contributed by atoms with Crippen molar-refractivity contribution in [2.45, 2.75) is 24.3 Å². The summed E-state index contributed by atoms with van der Waals surface area (Å²) in [6.45, 7) is 2.71. The zero-order valence-corrected chi connectivity index (χ0v) is 17.3. The predicted octanol–water partition coefficient (Wildman–Crippen LogP) is 4.90. The molecule has 0 N–H and O–H groups in total. The molecule has 0 fully saturated rings. The summed E-state index contributed by atoms with van der Waals surface area (Å²) >= 11 is 7.73. The largest absolute Gasteiger partial charge is 0.493 e. The molecule has 146 valence electrons. The van der Waals surface area contributed by atoms with Gasteiger partial charge < -0.3 is 9.47 Å². The van der Waals surface area contributed by atoms with E-state index in [9.17, 15) is 0 Å². The molecule has 0 saturated heterocycles. The van der Waals surface area contributed by atoms with E-state index in [0.29, 0.717) is 23.3 Å². The standard InChI is InChI=1S/C20H21ClN4O2S/c1-3-10-27-18-9-8-15(11-19(18)26-2)12-23-25-14-22-24-20(25)28-13-16-6-4-5-7-17(16)21/h4-9,11-12,14H,3,10,13H2,1-2H3/b23-12-. The van der Waals surface area contributed by atoms with E-state index in [1.54, 1.807) is 24.3 Å². The number of benzene rings is 2. The molecule has 1 heterocycles. The van der Waals surface area contributed by atoms with Gasteiger partial charge in [0.1, 0.15) is 6.33 Å². The molecule has 0 atom stereocenters. The highest BCUT2D eigenvalue weighted by atomic mass is 35.5. The fourth-order valence-corrected chi connectivity index (χ4v) is 3.53. The molecule has 0 bridgehead atoms. The molecule has 3 aromatic rings. The van der Waals surface area contributed by atoms with Gasteiger partial charge in [0.25, 0.3) is 0 Å². The molecule has 0 aliphatic heterocycles. The van der Waals surface area contributed by atoms with Gasteiger partial charge in [-0.05, 0) is 41.8 Å². The van der Waals surface area contributed by atoms with Gasteiger partial charge in [-0.15, -0.1) is 10.2 Å². The fourth-order valence-electron chi connectivity index (χ4n) is 2.38. The van der Waals surface area contributed by atoms with Crippen LogP contribution in [-0.4, -0.2) is 34.8 Å². The van der Waals surface area contributed by atoms with Crippen molar-refractivity contribution in [1.29, 1.82) is 0 Å². The third-order valence-electron chi connectivity index (χ3n) is 3.80. The van der Waals surface area contributed by atoms with E-state index in [2.05, 4.69) is 22.2 Å². The number of thioether (sulfide) groups is 1. The molecular weight excluding hydrogens is 396 g/mol. The average molecular weight is 417 g/mol. The highest BCUT2D eigenvalue weighted by molar-refractivity contribution is 7.98. The van der Waals surface area contributed by atoms with Crippen molar-refractivity contribution < 1.29 is 9.47 Å². The van der Waals surface area contributed by atoms with Gasteiger partial charge in [-0.3, -0.25) is 0 Å². The van der Waals surface area contributed by atoms with Crippen LogP contribution >= 0.6 is 23.4 Å². The van der Waals surface area contributed by atoms with E-state index >= 15 is 0 Å². The molecule has 1 aromatic heterocycles. The summed E-state index contributed by atoms with van der Waals surface area (Å²) in [5.74, 6) is 2.08. The minimum atomic E-state index is 0.649. The summed E-state index contributed by atoms with van der Waals surface area (Å²) in [7, 11) is 1.62. The monoisotopic (exact) mass is 416 g/mol. The lowest BCUT2D eigenvalue weighted by atomic mass is 10.2. The van der Waals surface area contributed by atoms with Crippen LogP contribution in [0, 0.1) is 0 Å². The summed E-state index contributed by atoms with van der Waals surface area (Å²) in [4.78, 5) is 0. The molecule has 0 amide bonds. The van der Waals surface area contributed by atoms with E-state index < -0.39 is 0 Å². The van der Waals surface area contributed by atoms with Crippen molar-refractivity contribution in [2.24, 2.45) is 5.10 Å². The van der Waals surface area contributed by atoms with Gasteiger partial charge >= 0.3 is 0 Å². The molecule has 0 unspecified atom stereocenters. The van der Waals surface area contributed by atoms with Gasteiger partial charge in [0.15, 0.2) is 11.5 Å². The first-order valence-corrected chi connectivity index (χ1v) is 10.2. The van der Waals surface area contributed by atoms with Crippen LogP contribution in [-0.2, 0) is 5.75 Å². The second-order valence-electron chi connectivity index (χ2n) is 5.84. The van der Waals surface area contributed by atoms with Gasteiger partial charge in [0.05, 0.1) is 19.9 Å². The lowest BCUT2D eigenvalue weighted by Gasteiger charge is -2.10. The number of methoxy groups -OCH3 is 1. The zero-order chi connectivity index (χ0) is 19.8. The van der Waals surface area contributed by atoms with E-state index in [4.69, 9.17) is 21.1 Å². The number of hydrogen-bond donors (Lipinski definition) is 0. The molecule has 0 aliphatic rings. The first-order chi connectivity index (χ1) is 13.7. The van der Waals surface area contributed by atoms with Crippen molar-refractivity contribution in [1.82, 2.24) is 14.9 Å². The lowest BCUT2D eigenvalue weighted by Crippen LogP contribution is -1.99. The van der Waals surface area contributed by atoms with Crippen LogP contribution < -0.4 is 9.47 Å². The highest BCUT2D eigenvalue weighted by Gasteiger charge is 2.08. The normalized spacial score (nSPS) is 11.1. The second-order valence-corrected chi connectivity index (χ2v) is 7.19. The van der Waals surface area contributed by atoms with E-state index in [0.717, 1.165) is 28.3 Å². The quantitative estimate of drug-likeness (QED) is 0.366. The third-order valence-corrected chi connectivity index (χ3v) is 5.15. The summed E-state index contributed by atoms with van der Waals surface area (Å²) in [6.07, 6.45) is 4.24. The summed E-state index contributed by atoms with van der Waals surface area (Å²) in [6, 6.07) is 13.4. The van der Waals surface area contributed by atoms with Crippen LogP contribution in [0.4, 0.5) is 0 Å². The topological polar surface area (TPSA) is 61.5 Å². The molecule has 28 heavy (non-hydrogen) atoms. The molecule has 6 nitrogen and oxygen atoms in total. The molecule has 8 heteroatoms. The number of hydrogen-bond acceptors (Lipinski definition) is 6. The number of nitrogens with zero attached hydrogens (tertiary/aromatic N) is 4. The molecule has 0 radical (unpaired) electrons. The van der Waals surface area contributed by atoms with Gasteiger partial charge in [0.2, 0.25) is 5.16 Å². The Hall–Kier alpha value is -2.51. The number of halogens is 1. The van der Waals surface area contributed by atoms with Crippen molar-refractivity contribution in [3.8, 4) is 11.5 Å². The Morgan fingerprint density at radius 2 is 2.07 bits per heavy atom. The lowest BCUT2D eigenvalue weighted by molar-refractivity contribution is 0.294. The Kier molecular flexibility index (Phi) is 7.33. The summed E-state index contributed by atoms with van der Waals surface area (Å²) in [5, 5.41) is 14.0. The van der Waals surface area contributed by atoms with E-state index in [1.165, 1.54) is 11.8 Å². The van der Waals surface area contributed by atoms with Crippen molar-refractivity contribution in [2.75, 3.05) is 13.7 Å².